The molecule has 0 aliphatic carbocycles. The van der Waals surface area contributed by atoms with E-state index in [1.54, 1.807) is 6.20 Å². The van der Waals surface area contributed by atoms with Gasteiger partial charge in [-0.3, -0.25) is 19.2 Å². The average Bonchev–Trinajstić information content (AvgIpc) is 2.75. The lowest BCUT2D eigenvalue weighted by Crippen LogP contribution is -2.55. The number of hydrogen-bond acceptors (Lipinski definition) is 4. The van der Waals surface area contributed by atoms with E-state index < -0.39 is 0 Å². The Hall–Kier alpha value is -1.89. The van der Waals surface area contributed by atoms with Gasteiger partial charge in [0.2, 0.25) is 5.91 Å². The molecular formula is C15H23N5O2. The molecule has 2 aliphatic rings. The number of amides is 2. The van der Waals surface area contributed by atoms with E-state index in [4.69, 9.17) is 0 Å². The Labute approximate surface area is 130 Å². The highest BCUT2D eigenvalue weighted by atomic mass is 16.2. The van der Waals surface area contributed by atoms with E-state index in [2.05, 4.69) is 15.3 Å². The van der Waals surface area contributed by atoms with Gasteiger partial charge in [0, 0.05) is 45.0 Å². The number of nitrogens with zero attached hydrogens (tertiary/aromatic N) is 4. The van der Waals surface area contributed by atoms with Crippen molar-refractivity contribution in [2.45, 2.75) is 32.9 Å². The largest absolute Gasteiger partial charge is 0.353 e. The number of nitrogens with one attached hydrogen (secondary N) is 1. The third-order valence-electron chi connectivity index (χ3n) is 4.69. The van der Waals surface area contributed by atoms with Crippen LogP contribution in [-0.4, -0.2) is 70.2 Å². The lowest BCUT2D eigenvalue weighted by atomic mass is 10.1. The summed E-state index contributed by atoms with van der Waals surface area (Å²) in [6.45, 7) is 8.30. The van der Waals surface area contributed by atoms with E-state index >= 15 is 0 Å². The second kappa shape index (κ2) is 6.08. The van der Waals surface area contributed by atoms with Crippen molar-refractivity contribution in [2.24, 2.45) is 0 Å². The van der Waals surface area contributed by atoms with Crippen molar-refractivity contribution in [1.29, 1.82) is 0 Å². The fourth-order valence-electron chi connectivity index (χ4n) is 3.33. The van der Waals surface area contributed by atoms with Crippen LogP contribution in [0.5, 0.6) is 0 Å². The second-order valence-electron chi connectivity index (χ2n) is 5.88. The summed E-state index contributed by atoms with van der Waals surface area (Å²) in [7, 11) is 0. The fourth-order valence-corrected chi connectivity index (χ4v) is 3.33. The third-order valence-corrected chi connectivity index (χ3v) is 4.69. The number of aryl methyl sites for hydroxylation is 1. The first-order chi connectivity index (χ1) is 10.6. The van der Waals surface area contributed by atoms with Gasteiger partial charge in [-0.05, 0) is 20.3 Å². The van der Waals surface area contributed by atoms with Crippen LogP contribution in [0.1, 0.15) is 29.4 Å². The normalized spacial score (nSPS) is 22.9. The number of carbonyl (C=O) groups is 2. The zero-order valence-electron chi connectivity index (χ0n) is 13.2. The second-order valence-corrected chi connectivity index (χ2v) is 5.88. The first-order valence-electron chi connectivity index (χ1n) is 7.95. The van der Waals surface area contributed by atoms with Crippen LogP contribution in [0.2, 0.25) is 0 Å². The molecular weight excluding hydrogens is 282 g/mol. The van der Waals surface area contributed by atoms with Crippen LogP contribution in [0.15, 0.2) is 6.20 Å². The third kappa shape index (κ3) is 2.61. The van der Waals surface area contributed by atoms with E-state index in [1.165, 1.54) is 0 Å². The van der Waals surface area contributed by atoms with E-state index in [-0.39, 0.29) is 17.9 Å². The molecule has 0 aromatic carbocycles. The molecule has 2 fully saturated rings. The fraction of sp³-hybridized carbons (Fsp3) is 0.667. The van der Waals surface area contributed by atoms with Crippen LogP contribution in [0, 0.1) is 6.92 Å². The highest BCUT2D eigenvalue weighted by Crippen LogP contribution is 2.17. The zero-order chi connectivity index (χ0) is 15.7. The van der Waals surface area contributed by atoms with E-state index in [9.17, 15) is 9.59 Å². The molecule has 1 N–H and O–H groups in total. The molecule has 2 amide bonds. The predicted octanol–water partition coefficient (Wildman–Crippen LogP) is -0.142. The molecule has 0 bridgehead atoms. The molecule has 7 heteroatoms. The summed E-state index contributed by atoms with van der Waals surface area (Å²) < 4.78 is 1.84. The topological polar surface area (TPSA) is 70.5 Å². The standard InChI is InChI=1S/C15H23N5O2/c1-3-20-11(2)12(10-17-20)15(22)19-6-4-13-14(21)16-5-7-18(13)8-9-19/h10,13H,3-9H2,1-2H3,(H,16,21). The van der Waals surface area contributed by atoms with Gasteiger partial charge >= 0.3 is 0 Å². The molecule has 7 nitrogen and oxygen atoms in total. The van der Waals surface area contributed by atoms with Crippen LogP contribution in [-0.2, 0) is 11.3 Å². The Morgan fingerprint density at radius 3 is 2.91 bits per heavy atom. The van der Waals surface area contributed by atoms with Crippen molar-refractivity contribution >= 4 is 11.8 Å². The van der Waals surface area contributed by atoms with Crippen molar-refractivity contribution in [3.05, 3.63) is 17.5 Å². The van der Waals surface area contributed by atoms with Gasteiger partial charge in [0.25, 0.3) is 5.91 Å². The smallest absolute Gasteiger partial charge is 0.257 e. The lowest BCUT2D eigenvalue weighted by Gasteiger charge is -2.32. The van der Waals surface area contributed by atoms with Gasteiger partial charge in [-0.1, -0.05) is 0 Å². The Morgan fingerprint density at radius 1 is 1.36 bits per heavy atom. The molecule has 22 heavy (non-hydrogen) atoms. The molecule has 2 saturated heterocycles. The van der Waals surface area contributed by atoms with Gasteiger partial charge in [0.15, 0.2) is 0 Å². The summed E-state index contributed by atoms with van der Waals surface area (Å²) in [5, 5.41) is 7.16. The Balaban J connectivity index is 1.74. The molecule has 1 aromatic heterocycles. The van der Waals surface area contributed by atoms with E-state index in [1.807, 2.05) is 23.4 Å². The van der Waals surface area contributed by atoms with Crippen LogP contribution in [0.3, 0.4) is 0 Å². The molecule has 0 saturated carbocycles. The molecule has 0 spiro atoms. The van der Waals surface area contributed by atoms with E-state index in [0.717, 1.165) is 25.3 Å². The SMILES string of the molecule is CCn1ncc(C(=O)N2CCC3C(=O)NCCN3CC2)c1C. The van der Waals surface area contributed by atoms with Crippen molar-refractivity contribution in [3.63, 3.8) is 0 Å². The van der Waals surface area contributed by atoms with Gasteiger partial charge in [-0.2, -0.15) is 5.10 Å². The molecule has 1 unspecified atom stereocenters. The average molecular weight is 305 g/mol. The highest BCUT2D eigenvalue weighted by molar-refractivity contribution is 5.95. The number of piperazine rings is 1. The maximum atomic E-state index is 12.7. The van der Waals surface area contributed by atoms with Crippen LogP contribution < -0.4 is 5.32 Å². The van der Waals surface area contributed by atoms with Crippen LogP contribution in [0.25, 0.3) is 0 Å². The molecule has 3 rings (SSSR count). The molecule has 2 aliphatic heterocycles. The summed E-state index contributed by atoms with van der Waals surface area (Å²) in [4.78, 5) is 28.7. The van der Waals surface area contributed by atoms with Crippen molar-refractivity contribution < 1.29 is 9.59 Å². The van der Waals surface area contributed by atoms with Crippen molar-refractivity contribution in [2.75, 3.05) is 32.7 Å². The predicted molar refractivity (Wildman–Crippen MR) is 81.5 cm³/mol. The number of aromatic nitrogens is 2. The monoisotopic (exact) mass is 305 g/mol. The minimum Gasteiger partial charge on any atom is -0.353 e. The Bertz CT molecular complexity index is 582. The number of rotatable bonds is 2. The van der Waals surface area contributed by atoms with Crippen molar-refractivity contribution in [1.82, 2.24) is 24.9 Å². The molecule has 120 valence electrons. The minimum atomic E-state index is -0.0917. The van der Waals surface area contributed by atoms with Gasteiger partial charge < -0.3 is 10.2 Å². The van der Waals surface area contributed by atoms with E-state index in [0.29, 0.717) is 31.6 Å². The number of carbonyl (C=O) groups excluding carboxylic acids is 2. The Morgan fingerprint density at radius 2 is 2.18 bits per heavy atom. The molecule has 1 aromatic rings. The molecule has 1 atom stereocenters. The summed E-state index contributed by atoms with van der Waals surface area (Å²) in [6.07, 6.45) is 2.35. The highest BCUT2D eigenvalue weighted by Gasteiger charge is 2.33. The summed E-state index contributed by atoms with van der Waals surface area (Å²) in [6, 6.07) is -0.0917. The van der Waals surface area contributed by atoms with Crippen molar-refractivity contribution in [3.8, 4) is 0 Å². The van der Waals surface area contributed by atoms with Gasteiger partial charge in [0.1, 0.15) is 0 Å². The molecule has 3 heterocycles. The maximum Gasteiger partial charge on any atom is 0.257 e. The lowest BCUT2D eigenvalue weighted by molar-refractivity contribution is -0.128. The maximum absolute atomic E-state index is 12.7. The van der Waals surface area contributed by atoms with Crippen LogP contribution in [0.4, 0.5) is 0 Å². The number of hydrogen-bond donors (Lipinski definition) is 1. The Kier molecular flexibility index (Phi) is 4.15. The summed E-state index contributed by atoms with van der Waals surface area (Å²) >= 11 is 0. The molecule has 0 radical (unpaired) electrons. The van der Waals surface area contributed by atoms with Gasteiger partial charge in [-0.15, -0.1) is 0 Å². The van der Waals surface area contributed by atoms with Crippen LogP contribution >= 0.6 is 0 Å². The van der Waals surface area contributed by atoms with Gasteiger partial charge in [-0.25, -0.2) is 0 Å². The number of fused-ring (bicyclic) bond motifs is 1. The minimum absolute atomic E-state index is 0.0254. The quantitative estimate of drug-likeness (QED) is 0.825. The summed E-state index contributed by atoms with van der Waals surface area (Å²) in [5.74, 6) is 0.119. The summed E-state index contributed by atoms with van der Waals surface area (Å²) in [5.41, 5.74) is 1.58. The first-order valence-corrected chi connectivity index (χ1v) is 7.95. The first kappa shape index (κ1) is 15.0. The zero-order valence-corrected chi connectivity index (χ0v) is 13.2. The van der Waals surface area contributed by atoms with Gasteiger partial charge in [0.05, 0.1) is 17.8 Å².